The molecule has 0 aliphatic carbocycles. The number of epoxide rings is 1. The van der Waals surface area contributed by atoms with Gasteiger partial charge in [-0.2, -0.15) is 5.10 Å². The van der Waals surface area contributed by atoms with Crippen LogP contribution in [0.2, 0.25) is 0 Å². The van der Waals surface area contributed by atoms with Crippen LogP contribution in [0.3, 0.4) is 0 Å². The van der Waals surface area contributed by atoms with Crippen molar-refractivity contribution < 1.29 is 4.74 Å². The van der Waals surface area contributed by atoms with E-state index >= 15 is 0 Å². The highest BCUT2D eigenvalue weighted by atomic mass is 16.6. The molecular weight excluding hydrogens is 512 g/mol. The third-order valence-corrected chi connectivity index (χ3v) is 7.39. The molecule has 2 aromatic carbocycles. The summed E-state index contributed by atoms with van der Waals surface area (Å²) in [6, 6.07) is 24.6. The van der Waals surface area contributed by atoms with Crippen molar-refractivity contribution in [2.24, 2.45) is 0 Å². The summed E-state index contributed by atoms with van der Waals surface area (Å²) in [5.41, 5.74) is 9.28. The summed E-state index contributed by atoms with van der Waals surface area (Å²) in [5.74, 6) is 0.649. The molecule has 2 unspecified atom stereocenters. The van der Waals surface area contributed by atoms with Gasteiger partial charge >= 0.3 is 0 Å². The Kier molecular flexibility index (Phi) is 5.53. The molecule has 7 aromatic rings. The first kappa shape index (κ1) is 23.5. The number of nitrogens with one attached hydrogen (secondary N) is 3. The highest BCUT2D eigenvalue weighted by Gasteiger charge is 2.38. The van der Waals surface area contributed by atoms with Crippen molar-refractivity contribution in [2.45, 2.75) is 18.8 Å². The van der Waals surface area contributed by atoms with Crippen molar-refractivity contribution in [2.75, 3.05) is 5.32 Å². The van der Waals surface area contributed by atoms with E-state index in [0.29, 0.717) is 11.5 Å². The number of nitrogens with zero attached hydrogens (tertiary/aromatic N) is 5. The molecular formula is C32H24N8O. The van der Waals surface area contributed by atoms with Crippen LogP contribution in [-0.4, -0.2) is 47.4 Å². The van der Waals surface area contributed by atoms with Gasteiger partial charge in [-0.1, -0.05) is 42.5 Å². The molecule has 8 rings (SSSR count). The van der Waals surface area contributed by atoms with Gasteiger partial charge in [0.2, 0.25) is 0 Å². The van der Waals surface area contributed by atoms with Crippen LogP contribution >= 0.6 is 0 Å². The summed E-state index contributed by atoms with van der Waals surface area (Å²) in [4.78, 5) is 21.5. The second kappa shape index (κ2) is 9.65. The van der Waals surface area contributed by atoms with Crippen LogP contribution in [0.1, 0.15) is 5.56 Å². The van der Waals surface area contributed by atoms with Gasteiger partial charge in [-0.15, -0.1) is 0 Å². The Morgan fingerprint density at radius 1 is 0.829 bits per heavy atom. The zero-order valence-corrected chi connectivity index (χ0v) is 21.8. The maximum absolute atomic E-state index is 5.87. The molecule has 5 aromatic heterocycles. The second-order valence-electron chi connectivity index (χ2n) is 10.1. The maximum atomic E-state index is 5.87. The number of ether oxygens (including phenoxy) is 1. The molecule has 0 radical (unpaired) electrons. The standard InChI is InChI=1S/C32H24N8O/c1-2-5-19(6-3-1)13-27-32(41-27)36-23-14-22(17-34-18-23)20-8-9-26-25(15-20)29(40-39-26)31-37-28-24(10-12-35-30(28)38-31)21-7-4-11-33-16-21/h1-12,14-18,27,32,36H,13H2,(H,39,40)(H,35,37,38). The number of aromatic amines is 2. The first-order chi connectivity index (χ1) is 20.3. The van der Waals surface area contributed by atoms with Crippen molar-refractivity contribution in [1.29, 1.82) is 0 Å². The molecule has 1 saturated heterocycles. The molecule has 0 amide bonds. The smallest absolute Gasteiger partial charge is 0.160 e. The largest absolute Gasteiger partial charge is 0.357 e. The Balaban J connectivity index is 1.08. The number of hydrogen-bond donors (Lipinski definition) is 3. The second-order valence-corrected chi connectivity index (χ2v) is 10.1. The average Bonchev–Trinajstić information content (AvgIpc) is 3.39. The summed E-state index contributed by atoms with van der Waals surface area (Å²) >= 11 is 0. The van der Waals surface area contributed by atoms with E-state index in [2.05, 4.69) is 77.9 Å². The third kappa shape index (κ3) is 4.48. The van der Waals surface area contributed by atoms with Gasteiger partial charge in [-0.25, -0.2) is 9.97 Å². The first-order valence-corrected chi connectivity index (χ1v) is 13.4. The monoisotopic (exact) mass is 536 g/mol. The van der Waals surface area contributed by atoms with Gasteiger partial charge in [0.05, 0.1) is 17.4 Å². The minimum Gasteiger partial charge on any atom is -0.357 e. The lowest BCUT2D eigenvalue weighted by atomic mass is 10.0. The van der Waals surface area contributed by atoms with Gasteiger partial charge < -0.3 is 15.0 Å². The van der Waals surface area contributed by atoms with Crippen molar-refractivity contribution >= 4 is 27.8 Å². The molecule has 0 saturated carbocycles. The van der Waals surface area contributed by atoms with E-state index in [1.807, 2.05) is 48.9 Å². The number of anilines is 1. The molecule has 6 heterocycles. The molecule has 41 heavy (non-hydrogen) atoms. The predicted molar refractivity (Wildman–Crippen MR) is 158 cm³/mol. The summed E-state index contributed by atoms with van der Waals surface area (Å²) in [7, 11) is 0. The van der Waals surface area contributed by atoms with Crippen LogP contribution < -0.4 is 5.32 Å². The first-order valence-electron chi connectivity index (χ1n) is 13.4. The van der Waals surface area contributed by atoms with E-state index in [0.717, 1.165) is 56.5 Å². The van der Waals surface area contributed by atoms with Gasteiger partial charge in [0.25, 0.3) is 0 Å². The molecule has 2 atom stereocenters. The van der Waals surface area contributed by atoms with Crippen LogP contribution in [0.5, 0.6) is 0 Å². The molecule has 9 nitrogen and oxygen atoms in total. The van der Waals surface area contributed by atoms with E-state index in [-0.39, 0.29) is 12.3 Å². The lowest BCUT2D eigenvalue weighted by Gasteiger charge is -2.07. The molecule has 1 aliphatic heterocycles. The number of imidazole rings is 1. The Labute approximate surface area is 234 Å². The quantitative estimate of drug-likeness (QED) is 0.214. The van der Waals surface area contributed by atoms with Crippen LogP contribution in [0, 0.1) is 0 Å². The average molecular weight is 537 g/mol. The summed E-state index contributed by atoms with van der Waals surface area (Å²) in [6.07, 6.45) is 10.1. The van der Waals surface area contributed by atoms with Crippen LogP contribution in [-0.2, 0) is 11.2 Å². The van der Waals surface area contributed by atoms with Gasteiger partial charge in [0.15, 0.2) is 17.7 Å². The Bertz CT molecular complexity index is 2000. The van der Waals surface area contributed by atoms with Gasteiger partial charge in [-0.05, 0) is 41.5 Å². The fourth-order valence-electron chi connectivity index (χ4n) is 5.26. The molecule has 1 fully saturated rings. The number of hydrogen-bond acceptors (Lipinski definition) is 7. The maximum Gasteiger partial charge on any atom is 0.160 e. The SMILES string of the molecule is c1ccc(CC2OC2Nc2cncc(-c3ccc4[nH]nc(-c5nc6c(-c7cccnc7)ccnc6[nH]5)c4c3)c2)cc1. The number of benzene rings is 2. The minimum absolute atomic E-state index is 0.0199. The van der Waals surface area contributed by atoms with E-state index in [9.17, 15) is 0 Å². The van der Waals surface area contributed by atoms with Crippen LogP contribution in [0.15, 0.2) is 104 Å². The topological polar surface area (TPSA) is 121 Å². The summed E-state index contributed by atoms with van der Waals surface area (Å²) in [5, 5.41) is 12.2. The molecule has 1 aliphatic rings. The van der Waals surface area contributed by atoms with Crippen LogP contribution in [0.4, 0.5) is 5.69 Å². The zero-order valence-electron chi connectivity index (χ0n) is 21.8. The summed E-state index contributed by atoms with van der Waals surface area (Å²) < 4.78 is 5.87. The van der Waals surface area contributed by atoms with E-state index in [4.69, 9.17) is 9.72 Å². The van der Waals surface area contributed by atoms with E-state index < -0.39 is 0 Å². The molecule has 0 bridgehead atoms. The highest BCUT2D eigenvalue weighted by Crippen LogP contribution is 2.33. The minimum atomic E-state index is -0.0199. The number of rotatable bonds is 7. The van der Waals surface area contributed by atoms with Crippen molar-refractivity contribution in [3.8, 4) is 33.8 Å². The normalized spacial score (nSPS) is 16.3. The fraction of sp³-hybridized carbons (Fsp3) is 0.0938. The zero-order chi connectivity index (χ0) is 27.2. The van der Waals surface area contributed by atoms with Crippen molar-refractivity contribution in [1.82, 2.24) is 35.1 Å². The van der Waals surface area contributed by atoms with E-state index in [1.165, 1.54) is 5.56 Å². The Hall–Kier alpha value is -5.41. The number of pyridine rings is 3. The fourth-order valence-corrected chi connectivity index (χ4v) is 5.26. The summed E-state index contributed by atoms with van der Waals surface area (Å²) in [6.45, 7) is 0. The lowest BCUT2D eigenvalue weighted by Crippen LogP contribution is -2.09. The predicted octanol–water partition coefficient (Wildman–Crippen LogP) is 6.00. The number of aromatic nitrogens is 7. The molecule has 198 valence electrons. The molecule has 9 heteroatoms. The number of H-pyrrole nitrogens is 2. The Morgan fingerprint density at radius 2 is 1.76 bits per heavy atom. The van der Waals surface area contributed by atoms with Crippen LogP contribution in [0.25, 0.3) is 55.8 Å². The Morgan fingerprint density at radius 3 is 2.66 bits per heavy atom. The highest BCUT2D eigenvalue weighted by molar-refractivity contribution is 5.97. The van der Waals surface area contributed by atoms with Gasteiger partial charge in [0, 0.05) is 53.3 Å². The lowest BCUT2D eigenvalue weighted by molar-refractivity contribution is 0.381. The van der Waals surface area contributed by atoms with Crippen molar-refractivity contribution in [3.05, 3.63) is 109 Å². The molecule has 0 spiro atoms. The van der Waals surface area contributed by atoms with E-state index in [1.54, 1.807) is 12.4 Å². The number of fused-ring (bicyclic) bond motifs is 2. The van der Waals surface area contributed by atoms with Crippen molar-refractivity contribution in [3.63, 3.8) is 0 Å². The third-order valence-electron chi connectivity index (χ3n) is 7.39. The van der Waals surface area contributed by atoms with Gasteiger partial charge in [0.1, 0.15) is 17.3 Å². The molecule has 3 N–H and O–H groups in total. The van der Waals surface area contributed by atoms with Gasteiger partial charge in [-0.3, -0.25) is 15.1 Å².